The summed E-state index contributed by atoms with van der Waals surface area (Å²) in [7, 11) is 0. The van der Waals surface area contributed by atoms with Crippen molar-refractivity contribution in [1.29, 1.82) is 0 Å². The number of H-pyrrole nitrogens is 1. The second-order valence-electron chi connectivity index (χ2n) is 6.80. The van der Waals surface area contributed by atoms with Gasteiger partial charge in [-0.1, -0.05) is 74.5 Å². The van der Waals surface area contributed by atoms with Gasteiger partial charge in [-0.15, -0.1) is 0 Å². The maximum Gasteiger partial charge on any atom is 0.257 e. The van der Waals surface area contributed by atoms with Crippen LogP contribution >= 0.6 is 0 Å². The van der Waals surface area contributed by atoms with Gasteiger partial charge in [-0.3, -0.25) is 0 Å². The molecular weight excluding hydrogens is 292 g/mol. The minimum absolute atomic E-state index is 0.0182. The highest BCUT2D eigenvalue weighted by Gasteiger charge is 2.39. The van der Waals surface area contributed by atoms with E-state index < -0.39 is 0 Å². The van der Waals surface area contributed by atoms with Crippen LogP contribution in [0.1, 0.15) is 43.6 Å². The average molecular weight is 319 g/mol. The Hall–Kier alpha value is -2.35. The van der Waals surface area contributed by atoms with E-state index in [2.05, 4.69) is 97.2 Å². The summed E-state index contributed by atoms with van der Waals surface area (Å²) in [5.74, 6) is 1.66. The van der Waals surface area contributed by atoms with E-state index in [1.165, 1.54) is 17.0 Å². The molecule has 0 saturated heterocycles. The number of rotatable bonds is 6. The normalized spacial score (nSPS) is 15.0. The first-order valence-electron chi connectivity index (χ1n) is 8.81. The predicted octanol–water partition coefficient (Wildman–Crippen LogP) is 4.63. The third kappa shape index (κ3) is 3.14. The first-order chi connectivity index (χ1) is 11.6. The predicted molar refractivity (Wildman–Crippen MR) is 99.0 cm³/mol. The molecule has 24 heavy (non-hydrogen) atoms. The average Bonchev–Trinajstić information content (AvgIpc) is 3.11. The molecule has 2 aromatic carbocycles. The van der Waals surface area contributed by atoms with Crippen LogP contribution in [0, 0.1) is 0 Å². The molecule has 2 atom stereocenters. The highest BCUT2D eigenvalue weighted by Crippen LogP contribution is 2.40. The Bertz CT molecular complexity index is 761. The Balaban J connectivity index is 2.05. The second-order valence-corrected chi connectivity index (χ2v) is 6.80. The van der Waals surface area contributed by atoms with Gasteiger partial charge in [-0.2, -0.15) is 0 Å². The van der Waals surface area contributed by atoms with Crippen molar-refractivity contribution in [3.8, 4) is 0 Å². The van der Waals surface area contributed by atoms with Crippen molar-refractivity contribution in [2.75, 3.05) is 0 Å². The summed E-state index contributed by atoms with van der Waals surface area (Å²) < 4.78 is 2.32. The van der Waals surface area contributed by atoms with E-state index in [9.17, 15) is 0 Å². The molecular formula is C22H27N2+. The highest BCUT2D eigenvalue weighted by atomic mass is 15.1. The van der Waals surface area contributed by atoms with Crippen molar-refractivity contribution in [3.05, 3.63) is 90.0 Å². The fourth-order valence-electron chi connectivity index (χ4n) is 3.67. The van der Waals surface area contributed by atoms with Gasteiger partial charge in [0.1, 0.15) is 12.4 Å². The zero-order valence-electron chi connectivity index (χ0n) is 14.9. The number of nitrogens with zero attached hydrogens (tertiary/aromatic N) is 1. The maximum absolute atomic E-state index is 3.48. The van der Waals surface area contributed by atoms with Crippen LogP contribution in [0.5, 0.6) is 0 Å². The van der Waals surface area contributed by atoms with E-state index in [4.69, 9.17) is 0 Å². The molecule has 2 nitrogen and oxygen atoms in total. The Kier molecular flexibility index (Phi) is 4.84. The molecule has 0 saturated carbocycles. The first kappa shape index (κ1) is 16.5. The topological polar surface area (TPSA) is 19.7 Å². The fraction of sp³-hybridized carbons (Fsp3) is 0.318. The van der Waals surface area contributed by atoms with Crippen LogP contribution in [-0.4, -0.2) is 4.98 Å². The van der Waals surface area contributed by atoms with Crippen LogP contribution in [-0.2, 0) is 18.4 Å². The molecule has 2 unspecified atom stereocenters. The Morgan fingerprint density at radius 2 is 1.62 bits per heavy atom. The van der Waals surface area contributed by atoms with Crippen LogP contribution in [0.4, 0.5) is 0 Å². The monoisotopic (exact) mass is 319 g/mol. The van der Waals surface area contributed by atoms with E-state index in [1.807, 2.05) is 6.20 Å². The van der Waals surface area contributed by atoms with Crippen molar-refractivity contribution in [1.82, 2.24) is 4.98 Å². The number of hydrogen-bond acceptors (Lipinski definition) is 0. The molecule has 0 aliphatic carbocycles. The number of aryl methyl sites for hydroxylation is 1. The van der Waals surface area contributed by atoms with Gasteiger partial charge in [0.2, 0.25) is 0 Å². The maximum atomic E-state index is 3.48. The third-order valence-electron chi connectivity index (χ3n) is 5.35. The quantitative estimate of drug-likeness (QED) is 0.639. The van der Waals surface area contributed by atoms with Crippen molar-refractivity contribution in [2.45, 2.75) is 45.1 Å². The molecule has 0 amide bonds. The molecule has 124 valence electrons. The molecule has 3 aromatic rings. The van der Waals surface area contributed by atoms with E-state index in [0.29, 0.717) is 5.92 Å². The molecule has 1 heterocycles. The lowest BCUT2D eigenvalue weighted by Gasteiger charge is -2.34. The minimum atomic E-state index is 0.0182. The van der Waals surface area contributed by atoms with E-state index in [0.717, 1.165) is 13.0 Å². The lowest BCUT2D eigenvalue weighted by molar-refractivity contribution is -0.701. The summed E-state index contributed by atoms with van der Waals surface area (Å²) in [6.07, 6.45) is 5.20. The molecule has 3 rings (SSSR count). The summed E-state index contributed by atoms with van der Waals surface area (Å²) in [4.78, 5) is 3.48. The lowest BCUT2D eigenvalue weighted by Crippen LogP contribution is -2.42. The van der Waals surface area contributed by atoms with Gasteiger partial charge in [-0.05, 0) is 24.5 Å². The second kappa shape index (κ2) is 7.04. The molecule has 2 heteroatoms. The van der Waals surface area contributed by atoms with Gasteiger partial charge < -0.3 is 0 Å². The summed E-state index contributed by atoms with van der Waals surface area (Å²) in [6.45, 7) is 7.91. The van der Waals surface area contributed by atoms with Gasteiger partial charge in [-0.25, -0.2) is 9.55 Å². The van der Waals surface area contributed by atoms with Crippen LogP contribution < -0.4 is 4.57 Å². The zero-order valence-corrected chi connectivity index (χ0v) is 14.9. The van der Waals surface area contributed by atoms with Crippen molar-refractivity contribution in [3.63, 3.8) is 0 Å². The first-order valence-corrected chi connectivity index (χ1v) is 8.81. The summed E-state index contributed by atoms with van der Waals surface area (Å²) in [5, 5.41) is 0. The van der Waals surface area contributed by atoms with Gasteiger partial charge in [0.15, 0.2) is 0 Å². The zero-order chi connectivity index (χ0) is 17.0. The molecule has 1 aromatic heterocycles. The number of benzene rings is 2. The van der Waals surface area contributed by atoms with Crippen LogP contribution in [0.3, 0.4) is 0 Å². The fourth-order valence-corrected chi connectivity index (χ4v) is 3.67. The number of hydrogen-bond donors (Lipinski definition) is 1. The summed E-state index contributed by atoms with van der Waals surface area (Å²) in [5.41, 5.74) is 2.79. The minimum Gasteiger partial charge on any atom is -0.247 e. The molecule has 0 spiro atoms. The Morgan fingerprint density at radius 3 is 2.25 bits per heavy atom. The molecule has 1 N–H and O–H groups in total. The van der Waals surface area contributed by atoms with Gasteiger partial charge >= 0.3 is 0 Å². The van der Waals surface area contributed by atoms with Crippen molar-refractivity contribution >= 4 is 0 Å². The van der Waals surface area contributed by atoms with Gasteiger partial charge in [0.05, 0.1) is 12.5 Å². The molecule has 0 radical (unpaired) electrons. The number of aromatic amines is 1. The molecule has 0 bridgehead atoms. The van der Waals surface area contributed by atoms with E-state index in [1.54, 1.807) is 0 Å². The van der Waals surface area contributed by atoms with Crippen LogP contribution in [0.15, 0.2) is 73.1 Å². The van der Waals surface area contributed by atoms with Crippen molar-refractivity contribution < 1.29 is 4.57 Å². The molecule has 0 aliphatic heterocycles. The SMILES string of the molecule is CC[n+]1cc[nH]c1C(C)C(C)(Cc1ccccc1)c1ccccc1. The van der Waals surface area contributed by atoms with E-state index >= 15 is 0 Å². The molecule has 0 fully saturated rings. The van der Waals surface area contributed by atoms with Gasteiger partial charge in [0, 0.05) is 5.41 Å². The molecule has 0 aliphatic rings. The smallest absolute Gasteiger partial charge is 0.247 e. The Morgan fingerprint density at radius 1 is 1.00 bits per heavy atom. The number of aromatic nitrogens is 2. The van der Waals surface area contributed by atoms with Gasteiger partial charge in [0.25, 0.3) is 5.82 Å². The third-order valence-corrected chi connectivity index (χ3v) is 5.35. The van der Waals surface area contributed by atoms with E-state index in [-0.39, 0.29) is 5.41 Å². The largest absolute Gasteiger partial charge is 0.257 e. The van der Waals surface area contributed by atoms with Crippen LogP contribution in [0.2, 0.25) is 0 Å². The van der Waals surface area contributed by atoms with Crippen LogP contribution in [0.25, 0.3) is 0 Å². The highest BCUT2D eigenvalue weighted by molar-refractivity contribution is 5.32. The van der Waals surface area contributed by atoms with Crippen molar-refractivity contribution in [2.24, 2.45) is 0 Å². The summed E-state index contributed by atoms with van der Waals surface area (Å²) in [6, 6.07) is 21.7. The summed E-state index contributed by atoms with van der Waals surface area (Å²) >= 11 is 0. The number of nitrogens with one attached hydrogen (secondary N) is 1. The lowest BCUT2D eigenvalue weighted by atomic mass is 9.68. The number of imidazole rings is 1. The Labute approximate surface area is 145 Å². The standard InChI is InChI=1S/C22H26N2/c1-4-24-16-15-23-21(24)18(2)22(3,20-13-9-6-10-14-20)17-19-11-7-5-8-12-19/h5-16,18H,4,17H2,1-3H3/p+1.